The highest BCUT2D eigenvalue weighted by atomic mass is 16.1. The minimum absolute atomic E-state index is 0.192. The lowest BCUT2D eigenvalue weighted by Crippen LogP contribution is -2.46. The summed E-state index contributed by atoms with van der Waals surface area (Å²) in [4.78, 5) is 11.0. The molecule has 1 saturated carbocycles. The summed E-state index contributed by atoms with van der Waals surface area (Å²) in [6.45, 7) is 6.42. The van der Waals surface area contributed by atoms with Crippen molar-refractivity contribution in [3.05, 3.63) is 0 Å². The summed E-state index contributed by atoms with van der Waals surface area (Å²) in [5, 5.41) is 3.35. The molecule has 3 N–H and O–H groups in total. The summed E-state index contributed by atoms with van der Waals surface area (Å²) in [5.41, 5.74) is 5.27. The molecule has 1 fully saturated rings. The number of hydrogen-bond acceptors (Lipinski definition) is 2. The summed E-state index contributed by atoms with van der Waals surface area (Å²) < 4.78 is 0. The highest BCUT2D eigenvalue weighted by Crippen LogP contribution is 2.29. The first-order valence-electron chi connectivity index (χ1n) is 6.54. The van der Waals surface area contributed by atoms with Crippen molar-refractivity contribution in [2.75, 3.05) is 0 Å². The Balaban J connectivity index is 2.35. The maximum Gasteiger partial charge on any atom is 0.234 e. The highest BCUT2D eigenvalue weighted by molar-refractivity contribution is 5.79. The summed E-state index contributed by atoms with van der Waals surface area (Å²) >= 11 is 0. The third kappa shape index (κ3) is 4.52. The molecule has 0 saturated heterocycles. The van der Waals surface area contributed by atoms with E-state index in [1.165, 1.54) is 32.1 Å². The van der Waals surface area contributed by atoms with Crippen molar-refractivity contribution < 1.29 is 4.79 Å². The van der Waals surface area contributed by atoms with Gasteiger partial charge in [0, 0.05) is 6.04 Å². The smallest absolute Gasteiger partial charge is 0.234 e. The Morgan fingerprint density at radius 2 is 2.06 bits per heavy atom. The maximum atomic E-state index is 11.0. The molecule has 0 aromatic rings. The predicted molar refractivity (Wildman–Crippen MR) is 67.0 cm³/mol. The van der Waals surface area contributed by atoms with E-state index < -0.39 is 0 Å². The van der Waals surface area contributed by atoms with Crippen molar-refractivity contribution in [3.8, 4) is 0 Å². The van der Waals surface area contributed by atoms with Gasteiger partial charge in [0.05, 0.1) is 6.04 Å². The van der Waals surface area contributed by atoms with Crippen LogP contribution in [0.25, 0.3) is 0 Å². The SMILES string of the molecule is CC(C)CC1CCCC(NC(C)C(N)=O)C1. The van der Waals surface area contributed by atoms with Crippen molar-refractivity contribution in [1.29, 1.82) is 0 Å². The second-order valence-electron chi connectivity index (χ2n) is 5.65. The molecule has 3 unspecified atom stereocenters. The van der Waals surface area contributed by atoms with Gasteiger partial charge in [0.1, 0.15) is 0 Å². The molecule has 0 bridgehead atoms. The van der Waals surface area contributed by atoms with Crippen LogP contribution in [0.5, 0.6) is 0 Å². The van der Waals surface area contributed by atoms with Crippen LogP contribution in [0.3, 0.4) is 0 Å². The molecule has 0 heterocycles. The molecule has 0 spiro atoms. The van der Waals surface area contributed by atoms with Gasteiger partial charge < -0.3 is 11.1 Å². The Morgan fingerprint density at radius 1 is 1.38 bits per heavy atom. The number of amides is 1. The zero-order valence-corrected chi connectivity index (χ0v) is 10.8. The third-order valence-corrected chi connectivity index (χ3v) is 3.50. The third-order valence-electron chi connectivity index (χ3n) is 3.50. The summed E-state index contributed by atoms with van der Waals surface area (Å²) in [5.74, 6) is 1.36. The molecule has 1 amide bonds. The first-order valence-corrected chi connectivity index (χ1v) is 6.54. The molecular formula is C13H26N2O. The van der Waals surface area contributed by atoms with Crippen LogP contribution in [0.15, 0.2) is 0 Å². The summed E-state index contributed by atoms with van der Waals surface area (Å²) in [7, 11) is 0. The van der Waals surface area contributed by atoms with Gasteiger partial charge in [-0.1, -0.05) is 26.7 Å². The molecule has 0 aromatic heterocycles. The molecule has 0 aromatic carbocycles. The maximum absolute atomic E-state index is 11.0. The van der Waals surface area contributed by atoms with Gasteiger partial charge in [0.15, 0.2) is 0 Å². The molecule has 1 aliphatic rings. The number of nitrogens with two attached hydrogens (primary N) is 1. The molecule has 3 nitrogen and oxygen atoms in total. The van der Waals surface area contributed by atoms with Gasteiger partial charge >= 0.3 is 0 Å². The number of carbonyl (C=O) groups excluding carboxylic acids is 1. The van der Waals surface area contributed by atoms with Gasteiger partial charge in [-0.25, -0.2) is 0 Å². The van der Waals surface area contributed by atoms with Gasteiger partial charge in [-0.3, -0.25) is 4.79 Å². The van der Waals surface area contributed by atoms with Crippen LogP contribution < -0.4 is 11.1 Å². The fourth-order valence-corrected chi connectivity index (χ4v) is 2.76. The normalized spacial score (nSPS) is 28.0. The largest absolute Gasteiger partial charge is 0.368 e. The Kier molecular flexibility index (Phi) is 5.26. The van der Waals surface area contributed by atoms with E-state index in [-0.39, 0.29) is 11.9 Å². The van der Waals surface area contributed by atoms with Crippen molar-refractivity contribution >= 4 is 5.91 Å². The van der Waals surface area contributed by atoms with Gasteiger partial charge in [0.25, 0.3) is 0 Å². The molecule has 1 aliphatic carbocycles. The average Bonchev–Trinajstić information content (AvgIpc) is 2.16. The summed E-state index contributed by atoms with van der Waals surface area (Å²) in [6.07, 6.45) is 6.33. The fourth-order valence-electron chi connectivity index (χ4n) is 2.76. The minimum Gasteiger partial charge on any atom is -0.368 e. The van der Waals surface area contributed by atoms with Crippen LogP contribution in [0.1, 0.15) is 52.9 Å². The topological polar surface area (TPSA) is 55.1 Å². The minimum atomic E-state index is -0.244. The number of rotatable bonds is 5. The highest BCUT2D eigenvalue weighted by Gasteiger charge is 2.24. The van der Waals surface area contributed by atoms with Crippen LogP contribution in [0.4, 0.5) is 0 Å². The first-order chi connectivity index (χ1) is 7.49. The second kappa shape index (κ2) is 6.24. The Morgan fingerprint density at radius 3 is 2.62 bits per heavy atom. The zero-order valence-electron chi connectivity index (χ0n) is 10.8. The lowest BCUT2D eigenvalue weighted by atomic mass is 9.81. The van der Waals surface area contributed by atoms with E-state index in [0.29, 0.717) is 6.04 Å². The lowest BCUT2D eigenvalue weighted by Gasteiger charge is -2.32. The van der Waals surface area contributed by atoms with Gasteiger partial charge in [0.2, 0.25) is 5.91 Å². The lowest BCUT2D eigenvalue weighted by molar-refractivity contribution is -0.119. The molecule has 3 atom stereocenters. The van der Waals surface area contributed by atoms with Gasteiger partial charge in [-0.05, 0) is 38.0 Å². The van der Waals surface area contributed by atoms with Crippen molar-refractivity contribution in [3.63, 3.8) is 0 Å². The van der Waals surface area contributed by atoms with Gasteiger partial charge in [-0.2, -0.15) is 0 Å². The molecular weight excluding hydrogens is 200 g/mol. The van der Waals surface area contributed by atoms with Crippen LogP contribution in [0.2, 0.25) is 0 Å². The zero-order chi connectivity index (χ0) is 12.1. The number of hydrogen-bond donors (Lipinski definition) is 2. The second-order valence-corrected chi connectivity index (χ2v) is 5.65. The molecule has 0 aliphatic heterocycles. The molecule has 3 heteroatoms. The van der Waals surface area contributed by atoms with E-state index in [9.17, 15) is 4.79 Å². The first kappa shape index (κ1) is 13.5. The predicted octanol–water partition coefficient (Wildman–Crippen LogP) is 2.05. The van der Waals surface area contributed by atoms with E-state index in [4.69, 9.17) is 5.73 Å². The van der Waals surface area contributed by atoms with Crippen LogP contribution in [-0.4, -0.2) is 18.0 Å². The standard InChI is InChI=1S/C13H26N2O/c1-9(2)7-11-5-4-6-12(8-11)15-10(3)13(14)16/h9-12,15H,4-8H2,1-3H3,(H2,14,16). The van der Waals surface area contributed by atoms with Crippen molar-refractivity contribution in [2.24, 2.45) is 17.6 Å². The van der Waals surface area contributed by atoms with Crippen molar-refractivity contribution in [2.45, 2.75) is 65.0 Å². The summed E-state index contributed by atoms with van der Waals surface area (Å²) in [6, 6.07) is 0.294. The molecule has 0 radical (unpaired) electrons. The Bertz CT molecular complexity index is 228. The Hall–Kier alpha value is -0.570. The number of nitrogens with one attached hydrogen (secondary N) is 1. The van der Waals surface area contributed by atoms with Crippen LogP contribution >= 0.6 is 0 Å². The fraction of sp³-hybridized carbons (Fsp3) is 0.923. The number of primary amides is 1. The van der Waals surface area contributed by atoms with E-state index >= 15 is 0 Å². The van der Waals surface area contributed by atoms with E-state index in [1.54, 1.807) is 0 Å². The van der Waals surface area contributed by atoms with E-state index in [1.807, 2.05) is 6.92 Å². The monoisotopic (exact) mass is 226 g/mol. The molecule has 94 valence electrons. The van der Waals surface area contributed by atoms with E-state index in [0.717, 1.165) is 11.8 Å². The Labute approximate surface area is 99.2 Å². The number of carbonyl (C=O) groups is 1. The van der Waals surface area contributed by atoms with Gasteiger partial charge in [-0.15, -0.1) is 0 Å². The average molecular weight is 226 g/mol. The van der Waals surface area contributed by atoms with E-state index in [2.05, 4.69) is 19.2 Å². The van der Waals surface area contributed by atoms with Crippen LogP contribution in [0, 0.1) is 11.8 Å². The molecule has 16 heavy (non-hydrogen) atoms. The molecule has 1 rings (SSSR count). The van der Waals surface area contributed by atoms with Crippen molar-refractivity contribution in [1.82, 2.24) is 5.32 Å². The van der Waals surface area contributed by atoms with Crippen LogP contribution in [-0.2, 0) is 4.79 Å². The quantitative estimate of drug-likeness (QED) is 0.754.